The van der Waals surface area contributed by atoms with Crippen molar-refractivity contribution in [1.29, 1.82) is 0 Å². The molecule has 0 radical (unpaired) electrons. The summed E-state index contributed by atoms with van der Waals surface area (Å²) < 4.78 is 6.28. The number of rotatable bonds is 9. The molecule has 1 amide bonds. The van der Waals surface area contributed by atoms with Crippen LogP contribution in [-0.4, -0.2) is 41.1 Å². The van der Waals surface area contributed by atoms with E-state index in [9.17, 15) is 19.5 Å². The average molecular weight is 709 g/mol. The van der Waals surface area contributed by atoms with E-state index in [1.807, 2.05) is 13.8 Å². The van der Waals surface area contributed by atoms with Crippen molar-refractivity contribution in [3.63, 3.8) is 0 Å². The molecule has 0 saturated heterocycles. The van der Waals surface area contributed by atoms with Gasteiger partial charge in [-0.2, -0.15) is 0 Å². The first-order valence-corrected chi connectivity index (χ1v) is 20.8. The van der Waals surface area contributed by atoms with Gasteiger partial charge in [0.2, 0.25) is 5.91 Å². The molecule has 7 nitrogen and oxygen atoms in total. The van der Waals surface area contributed by atoms with Crippen LogP contribution in [0.5, 0.6) is 0 Å². The fraction of sp³-hybridized carbons (Fsp3) is 0.886. The van der Waals surface area contributed by atoms with E-state index in [0.29, 0.717) is 36.0 Å². The zero-order valence-corrected chi connectivity index (χ0v) is 33.5. The van der Waals surface area contributed by atoms with Crippen LogP contribution in [0.2, 0.25) is 0 Å². The Morgan fingerprint density at radius 1 is 0.824 bits per heavy atom. The molecule has 0 heterocycles. The van der Waals surface area contributed by atoms with Crippen LogP contribution in [0, 0.1) is 62.1 Å². The van der Waals surface area contributed by atoms with Crippen molar-refractivity contribution in [2.24, 2.45) is 67.8 Å². The molecule has 0 aromatic rings. The summed E-state index contributed by atoms with van der Waals surface area (Å²) in [7, 11) is 0. The number of carboxylic acid groups (broad SMARTS) is 1. The minimum Gasteiger partial charge on any atom is -0.481 e. The molecule has 6 rings (SSSR count). The van der Waals surface area contributed by atoms with Crippen LogP contribution in [0.15, 0.2) is 12.2 Å². The van der Waals surface area contributed by atoms with E-state index in [1.54, 1.807) is 0 Å². The summed E-state index contributed by atoms with van der Waals surface area (Å²) in [5.41, 5.74) is 7.34. The van der Waals surface area contributed by atoms with E-state index in [4.69, 9.17) is 10.5 Å². The van der Waals surface area contributed by atoms with Crippen LogP contribution < -0.4 is 11.1 Å². The molecule has 4 N–H and O–H groups in total. The zero-order chi connectivity index (χ0) is 37.4. The predicted molar refractivity (Wildman–Crippen MR) is 202 cm³/mol. The highest BCUT2D eigenvalue weighted by Crippen LogP contribution is 2.78. The third-order valence-corrected chi connectivity index (χ3v) is 17.4. The summed E-state index contributed by atoms with van der Waals surface area (Å²) >= 11 is 0. The predicted octanol–water partition coefficient (Wildman–Crippen LogP) is 9.22. The molecule has 0 aliphatic heterocycles. The van der Waals surface area contributed by atoms with Gasteiger partial charge < -0.3 is 20.9 Å². The number of esters is 1. The maximum Gasteiger partial charge on any atom is 0.306 e. The topological polar surface area (TPSA) is 119 Å². The highest BCUT2D eigenvalue weighted by molar-refractivity contribution is 5.77. The summed E-state index contributed by atoms with van der Waals surface area (Å²) in [5.74, 6) is 1.79. The maximum atomic E-state index is 13.9. The highest BCUT2D eigenvalue weighted by atomic mass is 16.5. The van der Waals surface area contributed by atoms with Gasteiger partial charge in [-0.05, 0) is 153 Å². The van der Waals surface area contributed by atoms with Crippen molar-refractivity contribution in [3.05, 3.63) is 12.2 Å². The number of carbonyl (C=O) groups excluding carboxylic acids is 2. The normalized spacial score (nSPS) is 44.6. The van der Waals surface area contributed by atoms with Gasteiger partial charge in [0.15, 0.2) is 0 Å². The smallest absolute Gasteiger partial charge is 0.306 e. The molecule has 51 heavy (non-hydrogen) atoms. The fourth-order valence-electron chi connectivity index (χ4n) is 14.7. The Labute approximate surface area is 309 Å². The van der Waals surface area contributed by atoms with Crippen LogP contribution in [0.25, 0.3) is 0 Å². The molecule has 288 valence electrons. The number of nitrogens with two attached hydrogens (primary N) is 1. The number of hydrogen-bond donors (Lipinski definition) is 3. The van der Waals surface area contributed by atoms with Crippen molar-refractivity contribution in [2.45, 2.75) is 183 Å². The molecule has 4 unspecified atom stereocenters. The first-order chi connectivity index (χ1) is 23.7. The molecule has 6 saturated carbocycles. The van der Waals surface area contributed by atoms with Gasteiger partial charge in [0.1, 0.15) is 6.10 Å². The summed E-state index contributed by atoms with van der Waals surface area (Å²) in [6, 6.07) is 0.557. The molecule has 10 atom stereocenters. The SMILES string of the molecule is C=C(C)[C@@H]1CC[C@]2(CC(=O)NC3CCC(N)CC3)CC[C@]3(C)C(CC[C@@H]4C5(C)CCC(OC(=O)CC(C)(C)CC(=O)O)C(C)(C)[C@@H]5CCC43C)[C@@H]12. The van der Waals surface area contributed by atoms with Gasteiger partial charge in [-0.3, -0.25) is 14.4 Å². The van der Waals surface area contributed by atoms with Gasteiger partial charge in [-0.15, -0.1) is 0 Å². The van der Waals surface area contributed by atoms with E-state index in [1.165, 1.54) is 37.7 Å². The number of aliphatic carboxylic acids is 1. The first kappa shape index (κ1) is 38.8. The molecule has 0 aromatic carbocycles. The summed E-state index contributed by atoms with van der Waals surface area (Å²) in [6.07, 6.45) is 16.0. The Morgan fingerprint density at radius 3 is 2.16 bits per heavy atom. The van der Waals surface area contributed by atoms with Gasteiger partial charge >= 0.3 is 11.9 Å². The lowest BCUT2D eigenvalue weighted by Crippen LogP contribution is -2.67. The van der Waals surface area contributed by atoms with E-state index < -0.39 is 11.4 Å². The zero-order valence-electron chi connectivity index (χ0n) is 33.5. The van der Waals surface area contributed by atoms with Crippen molar-refractivity contribution in [3.8, 4) is 0 Å². The third-order valence-electron chi connectivity index (χ3n) is 17.4. The molecule has 6 aliphatic rings. The molecule has 0 bridgehead atoms. The van der Waals surface area contributed by atoms with Crippen LogP contribution in [0.1, 0.15) is 165 Å². The van der Waals surface area contributed by atoms with Crippen LogP contribution in [-0.2, 0) is 19.1 Å². The third kappa shape index (κ3) is 6.64. The summed E-state index contributed by atoms with van der Waals surface area (Å²) in [5, 5.41) is 12.8. The summed E-state index contributed by atoms with van der Waals surface area (Å²) in [4.78, 5) is 38.5. The Bertz CT molecular complexity index is 1380. The lowest BCUT2D eigenvalue weighted by molar-refractivity contribution is -0.250. The summed E-state index contributed by atoms with van der Waals surface area (Å²) in [6.45, 7) is 23.1. The average Bonchev–Trinajstić information content (AvgIpc) is 3.38. The van der Waals surface area contributed by atoms with E-state index >= 15 is 0 Å². The Morgan fingerprint density at radius 2 is 1.51 bits per heavy atom. The molecule has 7 heteroatoms. The number of fused-ring (bicyclic) bond motifs is 7. The van der Waals surface area contributed by atoms with Crippen LogP contribution in [0.3, 0.4) is 0 Å². The lowest BCUT2D eigenvalue weighted by Gasteiger charge is -2.73. The maximum absolute atomic E-state index is 13.9. The second-order valence-corrected chi connectivity index (χ2v) is 21.2. The van der Waals surface area contributed by atoms with Crippen LogP contribution in [0.4, 0.5) is 0 Å². The minimum absolute atomic E-state index is 0.0464. The van der Waals surface area contributed by atoms with Crippen molar-refractivity contribution >= 4 is 17.8 Å². The second kappa shape index (κ2) is 13.4. The first-order valence-electron chi connectivity index (χ1n) is 20.8. The number of allylic oxidation sites excluding steroid dienone is 1. The quantitative estimate of drug-likeness (QED) is 0.162. The molecule has 0 aromatic heterocycles. The Balaban J connectivity index is 1.21. The molecule has 6 fully saturated rings. The Hall–Kier alpha value is -1.89. The molecular weight excluding hydrogens is 636 g/mol. The van der Waals surface area contributed by atoms with Gasteiger partial charge in [0.25, 0.3) is 0 Å². The number of hydrogen-bond acceptors (Lipinski definition) is 5. The number of carboxylic acids is 1. The Kier molecular flexibility index (Phi) is 10.2. The van der Waals surface area contributed by atoms with Crippen molar-refractivity contribution in [1.82, 2.24) is 5.32 Å². The lowest BCUT2D eigenvalue weighted by atomic mass is 9.32. The largest absolute Gasteiger partial charge is 0.481 e. The number of amides is 1. The minimum atomic E-state index is -0.881. The fourth-order valence-corrected chi connectivity index (χ4v) is 14.7. The van der Waals surface area contributed by atoms with Crippen molar-refractivity contribution in [2.75, 3.05) is 0 Å². The molecule has 0 spiro atoms. The number of carbonyl (C=O) groups is 3. The number of nitrogens with one attached hydrogen (secondary N) is 1. The van der Waals surface area contributed by atoms with E-state index in [0.717, 1.165) is 57.8 Å². The number of ether oxygens (including phenoxy) is 1. The van der Waals surface area contributed by atoms with Crippen LogP contribution >= 0.6 is 0 Å². The second-order valence-electron chi connectivity index (χ2n) is 21.2. The van der Waals surface area contributed by atoms with E-state index in [-0.39, 0.29) is 70.0 Å². The standard InChI is InChI=1S/C44H72N2O5/c1-27(2)30-16-21-44(24-35(47)46-29-12-10-28(45)11-13-29)23-22-42(8)31(38(30)44)14-15-33-41(7)19-18-34(40(5,6)32(41)17-20-43(33,42)9)51-37(50)26-39(3,4)25-36(48)49/h28-34,38H,1,10-26,45H2,2-9H3,(H,46,47)(H,48,49)/t28?,29?,30-,31?,32-,33+,34?,38+,41?,42+,43?,44+/m0/s1. The molecule has 6 aliphatic carbocycles. The van der Waals surface area contributed by atoms with Gasteiger partial charge in [0.05, 0.1) is 12.8 Å². The van der Waals surface area contributed by atoms with Gasteiger partial charge in [-0.1, -0.05) is 60.6 Å². The van der Waals surface area contributed by atoms with Gasteiger partial charge in [0, 0.05) is 23.9 Å². The van der Waals surface area contributed by atoms with E-state index in [2.05, 4.69) is 53.4 Å². The highest BCUT2D eigenvalue weighted by Gasteiger charge is 2.71. The molecular formula is C44H72N2O5. The van der Waals surface area contributed by atoms with Crippen molar-refractivity contribution < 1.29 is 24.2 Å². The monoisotopic (exact) mass is 709 g/mol. The van der Waals surface area contributed by atoms with Gasteiger partial charge in [-0.25, -0.2) is 0 Å².